The molecule has 0 radical (unpaired) electrons. The SMILES string of the molecule is CC1CCC(N(C)C(=O)COC(=O)c2ccc3c(c2)OCO3)CC1. The van der Waals surface area contributed by atoms with Gasteiger partial charge < -0.3 is 19.1 Å². The molecule has 130 valence electrons. The summed E-state index contributed by atoms with van der Waals surface area (Å²) >= 11 is 0. The molecule has 1 aliphatic heterocycles. The molecule has 0 N–H and O–H groups in total. The van der Waals surface area contributed by atoms with E-state index in [-0.39, 0.29) is 25.3 Å². The van der Waals surface area contributed by atoms with Gasteiger partial charge in [0.15, 0.2) is 18.1 Å². The summed E-state index contributed by atoms with van der Waals surface area (Å²) in [5, 5.41) is 0. The molecular weight excluding hydrogens is 310 g/mol. The first-order valence-electron chi connectivity index (χ1n) is 8.37. The average molecular weight is 333 g/mol. The lowest BCUT2D eigenvalue weighted by Crippen LogP contribution is -2.41. The van der Waals surface area contributed by atoms with E-state index in [0.717, 1.165) is 31.6 Å². The molecule has 1 fully saturated rings. The molecule has 1 aromatic carbocycles. The zero-order valence-corrected chi connectivity index (χ0v) is 14.1. The van der Waals surface area contributed by atoms with E-state index in [2.05, 4.69) is 6.92 Å². The number of benzene rings is 1. The Bertz CT molecular complexity index is 622. The number of hydrogen-bond acceptors (Lipinski definition) is 5. The molecule has 2 aliphatic rings. The van der Waals surface area contributed by atoms with Crippen LogP contribution < -0.4 is 9.47 Å². The fourth-order valence-corrected chi connectivity index (χ4v) is 3.17. The summed E-state index contributed by atoms with van der Waals surface area (Å²) in [7, 11) is 1.79. The maximum Gasteiger partial charge on any atom is 0.338 e. The van der Waals surface area contributed by atoms with Crippen molar-refractivity contribution in [2.75, 3.05) is 20.4 Å². The second-order valence-corrected chi connectivity index (χ2v) is 6.56. The van der Waals surface area contributed by atoms with Gasteiger partial charge in [-0.2, -0.15) is 0 Å². The molecule has 6 nitrogen and oxygen atoms in total. The third-order valence-corrected chi connectivity index (χ3v) is 4.86. The molecule has 0 atom stereocenters. The number of amides is 1. The summed E-state index contributed by atoms with van der Waals surface area (Å²) < 4.78 is 15.6. The number of rotatable bonds is 4. The Balaban J connectivity index is 1.51. The number of esters is 1. The average Bonchev–Trinajstić information content (AvgIpc) is 3.07. The standard InChI is InChI=1S/C18H23NO5/c1-12-3-6-14(7-4-12)19(2)17(20)10-22-18(21)13-5-8-15-16(9-13)24-11-23-15/h5,8-9,12,14H,3-4,6-7,10-11H2,1-2H3. The quantitative estimate of drug-likeness (QED) is 0.793. The van der Waals surface area contributed by atoms with Crippen molar-refractivity contribution in [2.45, 2.75) is 38.6 Å². The predicted molar refractivity (Wildman–Crippen MR) is 87.0 cm³/mol. The van der Waals surface area contributed by atoms with Crippen LogP contribution in [0.5, 0.6) is 11.5 Å². The third-order valence-electron chi connectivity index (χ3n) is 4.86. The number of likely N-dealkylation sites (N-methyl/N-ethyl adjacent to an activating group) is 1. The number of carbonyl (C=O) groups excluding carboxylic acids is 2. The smallest absolute Gasteiger partial charge is 0.338 e. The monoisotopic (exact) mass is 333 g/mol. The van der Waals surface area contributed by atoms with Crippen molar-refractivity contribution in [3.05, 3.63) is 23.8 Å². The lowest BCUT2D eigenvalue weighted by atomic mass is 9.87. The zero-order chi connectivity index (χ0) is 17.1. The maximum absolute atomic E-state index is 12.3. The van der Waals surface area contributed by atoms with E-state index in [4.69, 9.17) is 14.2 Å². The molecule has 3 rings (SSSR count). The Kier molecular flexibility index (Phi) is 4.92. The molecule has 0 saturated heterocycles. The largest absolute Gasteiger partial charge is 0.454 e. The molecule has 24 heavy (non-hydrogen) atoms. The van der Waals surface area contributed by atoms with Crippen LogP contribution in [0.25, 0.3) is 0 Å². The highest BCUT2D eigenvalue weighted by Gasteiger charge is 2.25. The van der Waals surface area contributed by atoms with Gasteiger partial charge in [-0.15, -0.1) is 0 Å². The molecular formula is C18H23NO5. The molecule has 1 saturated carbocycles. The Morgan fingerprint density at radius 1 is 1.17 bits per heavy atom. The highest BCUT2D eigenvalue weighted by Crippen LogP contribution is 2.32. The number of fused-ring (bicyclic) bond motifs is 1. The van der Waals surface area contributed by atoms with Gasteiger partial charge in [0.1, 0.15) is 0 Å². The van der Waals surface area contributed by atoms with Crippen LogP contribution in [-0.4, -0.2) is 43.3 Å². The van der Waals surface area contributed by atoms with Crippen LogP contribution in [0, 0.1) is 5.92 Å². The first kappa shape index (κ1) is 16.6. The van der Waals surface area contributed by atoms with Crippen molar-refractivity contribution in [3.8, 4) is 11.5 Å². The number of carbonyl (C=O) groups is 2. The molecule has 0 unspecified atom stereocenters. The van der Waals surface area contributed by atoms with Crippen molar-refractivity contribution in [1.29, 1.82) is 0 Å². The van der Waals surface area contributed by atoms with E-state index < -0.39 is 5.97 Å². The highest BCUT2D eigenvalue weighted by atomic mass is 16.7. The second kappa shape index (κ2) is 7.11. The van der Waals surface area contributed by atoms with Crippen LogP contribution in [0.3, 0.4) is 0 Å². The van der Waals surface area contributed by atoms with Crippen molar-refractivity contribution in [1.82, 2.24) is 4.90 Å². The van der Waals surface area contributed by atoms with Crippen LogP contribution in [0.4, 0.5) is 0 Å². The van der Waals surface area contributed by atoms with Gasteiger partial charge in [0.2, 0.25) is 6.79 Å². The van der Waals surface area contributed by atoms with Crippen LogP contribution in [0.15, 0.2) is 18.2 Å². The second-order valence-electron chi connectivity index (χ2n) is 6.56. The van der Waals surface area contributed by atoms with Crippen molar-refractivity contribution in [3.63, 3.8) is 0 Å². The highest BCUT2D eigenvalue weighted by molar-refractivity contribution is 5.92. The summed E-state index contributed by atoms with van der Waals surface area (Å²) in [6, 6.07) is 5.09. The zero-order valence-electron chi connectivity index (χ0n) is 14.1. The van der Waals surface area contributed by atoms with Gasteiger partial charge >= 0.3 is 5.97 Å². The Morgan fingerprint density at radius 2 is 1.88 bits per heavy atom. The van der Waals surface area contributed by atoms with Gasteiger partial charge in [-0.1, -0.05) is 6.92 Å². The first-order valence-corrected chi connectivity index (χ1v) is 8.37. The Hall–Kier alpha value is -2.24. The summed E-state index contributed by atoms with van der Waals surface area (Å²) in [6.45, 7) is 2.15. The summed E-state index contributed by atoms with van der Waals surface area (Å²) in [4.78, 5) is 26.1. The molecule has 1 aromatic rings. The molecule has 1 aliphatic carbocycles. The van der Waals surface area contributed by atoms with Gasteiger partial charge in [0, 0.05) is 13.1 Å². The van der Waals surface area contributed by atoms with E-state index in [1.165, 1.54) is 0 Å². The molecule has 1 amide bonds. The predicted octanol–water partition coefficient (Wildman–Crippen LogP) is 2.61. The van der Waals surface area contributed by atoms with Crippen LogP contribution in [0.1, 0.15) is 43.0 Å². The number of nitrogens with zero attached hydrogens (tertiary/aromatic N) is 1. The van der Waals surface area contributed by atoms with E-state index in [1.807, 2.05) is 0 Å². The molecule has 0 spiro atoms. The van der Waals surface area contributed by atoms with E-state index in [0.29, 0.717) is 17.1 Å². The van der Waals surface area contributed by atoms with Crippen molar-refractivity contribution < 1.29 is 23.8 Å². The normalized spacial score (nSPS) is 22.1. The summed E-state index contributed by atoms with van der Waals surface area (Å²) in [5.41, 5.74) is 0.348. The van der Waals surface area contributed by atoms with Crippen LogP contribution in [0.2, 0.25) is 0 Å². The third kappa shape index (κ3) is 3.63. The molecule has 1 heterocycles. The summed E-state index contributed by atoms with van der Waals surface area (Å²) in [6.07, 6.45) is 4.30. The van der Waals surface area contributed by atoms with Gasteiger partial charge in [-0.3, -0.25) is 4.79 Å². The molecule has 0 bridgehead atoms. The lowest BCUT2D eigenvalue weighted by molar-refractivity contribution is -0.136. The number of hydrogen-bond donors (Lipinski definition) is 0. The van der Waals surface area contributed by atoms with E-state index in [1.54, 1.807) is 30.1 Å². The Labute approximate surface area is 141 Å². The molecule has 0 aromatic heterocycles. The molecule has 6 heteroatoms. The van der Waals surface area contributed by atoms with Crippen molar-refractivity contribution >= 4 is 11.9 Å². The fourth-order valence-electron chi connectivity index (χ4n) is 3.17. The summed E-state index contributed by atoms with van der Waals surface area (Å²) in [5.74, 6) is 1.16. The minimum Gasteiger partial charge on any atom is -0.454 e. The maximum atomic E-state index is 12.3. The number of ether oxygens (including phenoxy) is 3. The van der Waals surface area contributed by atoms with Crippen LogP contribution >= 0.6 is 0 Å². The van der Waals surface area contributed by atoms with Gasteiger partial charge in [-0.25, -0.2) is 4.79 Å². The van der Waals surface area contributed by atoms with Gasteiger partial charge in [-0.05, 0) is 49.8 Å². The van der Waals surface area contributed by atoms with Crippen molar-refractivity contribution in [2.24, 2.45) is 5.92 Å². The lowest BCUT2D eigenvalue weighted by Gasteiger charge is -2.33. The van der Waals surface area contributed by atoms with Gasteiger partial charge in [0.05, 0.1) is 5.56 Å². The minimum absolute atomic E-state index is 0.150. The topological polar surface area (TPSA) is 65.1 Å². The fraction of sp³-hybridized carbons (Fsp3) is 0.556. The van der Waals surface area contributed by atoms with E-state index in [9.17, 15) is 9.59 Å². The Morgan fingerprint density at radius 3 is 2.62 bits per heavy atom. The first-order chi connectivity index (χ1) is 11.5. The van der Waals surface area contributed by atoms with Gasteiger partial charge in [0.25, 0.3) is 5.91 Å². The minimum atomic E-state index is -0.535. The van der Waals surface area contributed by atoms with Crippen LogP contribution in [-0.2, 0) is 9.53 Å². The van der Waals surface area contributed by atoms with E-state index >= 15 is 0 Å².